The van der Waals surface area contributed by atoms with Gasteiger partial charge < -0.3 is 9.52 Å². The summed E-state index contributed by atoms with van der Waals surface area (Å²) in [6.45, 7) is 2.95. The second-order valence-corrected chi connectivity index (χ2v) is 4.63. The molecule has 0 bridgehead atoms. The summed E-state index contributed by atoms with van der Waals surface area (Å²) in [5.74, 6) is 0.553. The highest BCUT2D eigenvalue weighted by atomic mass is 16.4. The van der Waals surface area contributed by atoms with E-state index in [-0.39, 0.29) is 0 Å². The predicted octanol–water partition coefficient (Wildman–Crippen LogP) is 3.12. The Labute approximate surface area is 111 Å². The molecule has 0 aliphatic rings. The number of aromatic nitrogens is 2. The van der Waals surface area contributed by atoms with Crippen LogP contribution in [0.3, 0.4) is 0 Å². The average Bonchev–Trinajstić information content (AvgIpc) is 3.04. The van der Waals surface area contributed by atoms with Gasteiger partial charge in [0.2, 0.25) is 0 Å². The Morgan fingerprint density at radius 2 is 2.21 bits per heavy atom. The molecular weight excluding hydrogens is 240 g/mol. The van der Waals surface area contributed by atoms with E-state index in [9.17, 15) is 5.11 Å². The number of aryl methyl sites for hydroxylation is 1. The number of aliphatic hydroxyl groups excluding tert-OH is 1. The number of benzene rings is 1. The summed E-state index contributed by atoms with van der Waals surface area (Å²) in [7, 11) is 0. The summed E-state index contributed by atoms with van der Waals surface area (Å²) in [6.07, 6.45) is 3.80. The van der Waals surface area contributed by atoms with Crippen molar-refractivity contribution in [3.8, 4) is 0 Å². The van der Waals surface area contributed by atoms with Crippen molar-refractivity contribution in [3.63, 3.8) is 0 Å². The smallest absolute Gasteiger partial charge is 0.140 e. The molecule has 0 spiro atoms. The summed E-state index contributed by atoms with van der Waals surface area (Å²) in [5.41, 5.74) is 1.55. The Kier molecular flexibility index (Phi) is 3.09. The zero-order chi connectivity index (χ0) is 13.2. The summed E-state index contributed by atoms with van der Waals surface area (Å²) in [5, 5.41) is 15.5. The Balaban J connectivity index is 1.91. The first-order chi connectivity index (χ1) is 9.28. The van der Waals surface area contributed by atoms with Gasteiger partial charge in [-0.2, -0.15) is 5.10 Å². The molecule has 1 unspecified atom stereocenters. The summed E-state index contributed by atoms with van der Waals surface area (Å²) in [4.78, 5) is 0. The molecule has 19 heavy (non-hydrogen) atoms. The van der Waals surface area contributed by atoms with Crippen LogP contribution in [0.2, 0.25) is 0 Å². The van der Waals surface area contributed by atoms with Gasteiger partial charge in [-0.05, 0) is 18.6 Å². The largest absolute Gasteiger partial charge is 0.458 e. The lowest BCUT2D eigenvalue weighted by atomic mass is 10.1. The molecular formula is C15H16N2O2. The fourth-order valence-corrected chi connectivity index (χ4v) is 2.17. The second-order valence-electron chi connectivity index (χ2n) is 4.63. The minimum Gasteiger partial charge on any atom is -0.458 e. The van der Waals surface area contributed by atoms with Crippen LogP contribution in [0.5, 0.6) is 0 Å². The molecule has 0 radical (unpaired) electrons. The first kappa shape index (κ1) is 12.0. The first-order valence-electron chi connectivity index (χ1n) is 6.47. The molecule has 0 amide bonds. The normalized spacial score (nSPS) is 12.9. The molecule has 0 saturated heterocycles. The Morgan fingerprint density at radius 1 is 1.37 bits per heavy atom. The SMILES string of the molecule is CCCn1cc(C(O)c2cc3ccccc3o2)cn1. The van der Waals surface area contributed by atoms with E-state index in [1.54, 1.807) is 6.20 Å². The molecule has 1 N–H and O–H groups in total. The second kappa shape index (κ2) is 4.90. The van der Waals surface area contributed by atoms with Gasteiger partial charge in [-0.15, -0.1) is 0 Å². The highest BCUT2D eigenvalue weighted by Gasteiger charge is 2.17. The Bertz CT molecular complexity index is 651. The average molecular weight is 256 g/mol. The van der Waals surface area contributed by atoms with Crippen molar-refractivity contribution in [2.45, 2.75) is 26.0 Å². The fourth-order valence-electron chi connectivity index (χ4n) is 2.17. The Hall–Kier alpha value is -2.07. The molecule has 1 aromatic carbocycles. The molecule has 0 fully saturated rings. The number of para-hydroxylation sites is 1. The van der Waals surface area contributed by atoms with Crippen LogP contribution in [0.1, 0.15) is 30.8 Å². The quantitative estimate of drug-likeness (QED) is 0.780. The summed E-state index contributed by atoms with van der Waals surface area (Å²) < 4.78 is 7.50. The van der Waals surface area contributed by atoms with Crippen LogP contribution in [0.25, 0.3) is 11.0 Å². The van der Waals surface area contributed by atoms with Crippen LogP contribution < -0.4 is 0 Å². The highest BCUT2D eigenvalue weighted by Crippen LogP contribution is 2.27. The molecule has 4 nitrogen and oxygen atoms in total. The van der Waals surface area contributed by atoms with E-state index in [1.807, 2.05) is 41.2 Å². The van der Waals surface area contributed by atoms with E-state index in [1.165, 1.54) is 0 Å². The molecule has 2 aromatic heterocycles. The van der Waals surface area contributed by atoms with Crippen LogP contribution in [0, 0.1) is 0 Å². The minimum atomic E-state index is -0.766. The van der Waals surface area contributed by atoms with Crippen LogP contribution in [0.15, 0.2) is 47.1 Å². The van der Waals surface area contributed by atoms with Crippen molar-refractivity contribution in [2.24, 2.45) is 0 Å². The van der Waals surface area contributed by atoms with Gasteiger partial charge in [-0.3, -0.25) is 4.68 Å². The maximum atomic E-state index is 10.3. The fraction of sp³-hybridized carbons (Fsp3) is 0.267. The zero-order valence-electron chi connectivity index (χ0n) is 10.8. The lowest BCUT2D eigenvalue weighted by molar-refractivity contribution is 0.192. The van der Waals surface area contributed by atoms with Gasteiger partial charge in [0, 0.05) is 23.7 Å². The number of nitrogens with zero attached hydrogens (tertiary/aromatic N) is 2. The molecule has 0 aliphatic carbocycles. The topological polar surface area (TPSA) is 51.2 Å². The predicted molar refractivity (Wildman–Crippen MR) is 72.8 cm³/mol. The van der Waals surface area contributed by atoms with E-state index in [4.69, 9.17) is 4.42 Å². The van der Waals surface area contributed by atoms with Crippen molar-refractivity contribution in [1.29, 1.82) is 0 Å². The van der Waals surface area contributed by atoms with E-state index in [2.05, 4.69) is 12.0 Å². The number of aliphatic hydroxyl groups is 1. The van der Waals surface area contributed by atoms with Crippen molar-refractivity contribution >= 4 is 11.0 Å². The van der Waals surface area contributed by atoms with Gasteiger partial charge in [0.15, 0.2) is 0 Å². The first-order valence-corrected chi connectivity index (χ1v) is 6.47. The lowest BCUT2D eigenvalue weighted by Crippen LogP contribution is -1.98. The molecule has 1 atom stereocenters. The highest BCUT2D eigenvalue weighted by molar-refractivity contribution is 5.77. The maximum Gasteiger partial charge on any atom is 0.140 e. The molecule has 0 saturated carbocycles. The van der Waals surface area contributed by atoms with Crippen molar-refractivity contribution in [1.82, 2.24) is 9.78 Å². The third-order valence-corrected chi connectivity index (χ3v) is 3.14. The monoisotopic (exact) mass is 256 g/mol. The number of rotatable bonds is 4. The summed E-state index contributed by atoms with van der Waals surface area (Å²) in [6, 6.07) is 9.60. The molecule has 3 rings (SSSR count). The van der Waals surface area contributed by atoms with Crippen LogP contribution in [-0.2, 0) is 6.54 Å². The number of furan rings is 1. The molecule has 3 aromatic rings. The molecule has 0 aliphatic heterocycles. The minimum absolute atomic E-state index is 0.553. The van der Waals surface area contributed by atoms with Crippen molar-refractivity contribution < 1.29 is 9.52 Å². The molecule has 2 heterocycles. The summed E-state index contributed by atoms with van der Waals surface area (Å²) >= 11 is 0. The number of hydrogen-bond acceptors (Lipinski definition) is 3. The maximum absolute atomic E-state index is 10.3. The number of hydrogen-bond donors (Lipinski definition) is 1. The van der Waals surface area contributed by atoms with E-state index in [0.29, 0.717) is 5.76 Å². The van der Waals surface area contributed by atoms with Gasteiger partial charge in [0.25, 0.3) is 0 Å². The molecule has 98 valence electrons. The van der Waals surface area contributed by atoms with Gasteiger partial charge in [0.1, 0.15) is 17.4 Å². The van der Waals surface area contributed by atoms with Crippen LogP contribution in [0.4, 0.5) is 0 Å². The van der Waals surface area contributed by atoms with Crippen molar-refractivity contribution in [3.05, 3.63) is 54.0 Å². The van der Waals surface area contributed by atoms with Crippen molar-refractivity contribution in [2.75, 3.05) is 0 Å². The zero-order valence-corrected chi connectivity index (χ0v) is 10.8. The van der Waals surface area contributed by atoms with Gasteiger partial charge >= 0.3 is 0 Å². The van der Waals surface area contributed by atoms with E-state index >= 15 is 0 Å². The number of fused-ring (bicyclic) bond motifs is 1. The van der Waals surface area contributed by atoms with E-state index in [0.717, 1.165) is 29.5 Å². The van der Waals surface area contributed by atoms with Crippen LogP contribution in [-0.4, -0.2) is 14.9 Å². The molecule has 4 heteroatoms. The Morgan fingerprint density at radius 3 is 3.00 bits per heavy atom. The third-order valence-electron chi connectivity index (χ3n) is 3.14. The van der Waals surface area contributed by atoms with Gasteiger partial charge in [-0.25, -0.2) is 0 Å². The van der Waals surface area contributed by atoms with E-state index < -0.39 is 6.10 Å². The van der Waals surface area contributed by atoms with Gasteiger partial charge in [-0.1, -0.05) is 25.1 Å². The van der Waals surface area contributed by atoms with Crippen LogP contribution >= 0.6 is 0 Å². The third kappa shape index (κ3) is 2.27. The standard InChI is InChI=1S/C15H16N2O2/c1-2-7-17-10-12(9-16-17)15(18)14-8-11-5-3-4-6-13(11)19-14/h3-6,8-10,15,18H,2,7H2,1H3. The lowest BCUT2D eigenvalue weighted by Gasteiger charge is -2.03. The van der Waals surface area contributed by atoms with Gasteiger partial charge in [0.05, 0.1) is 6.20 Å².